The molecule has 6 heteroatoms. The van der Waals surface area contributed by atoms with E-state index < -0.39 is 0 Å². The molecule has 0 bridgehead atoms. The molecule has 0 unspecified atom stereocenters. The minimum atomic E-state index is -0.213. The van der Waals surface area contributed by atoms with E-state index in [0.29, 0.717) is 11.6 Å². The van der Waals surface area contributed by atoms with Gasteiger partial charge in [0.2, 0.25) is 0 Å². The van der Waals surface area contributed by atoms with Gasteiger partial charge in [0.15, 0.2) is 0 Å². The Kier molecular flexibility index (Phi) is 6.50. The molecule has 0 aromatic heterocycles. The second-order valence-corrected chi connectivity index (χ2v) is 7.96. The summed E-state index contributed by atoms with van der Waals surface area (Å²) in [5.74, 6) is 0.551. The molecule has 3 aromatic rings. The molecule has 3 nitrogen and oxygen atoms in total. The van der Waals surface area contributed by atoms with Crippen LogP contribution in [-0.2, 0) is 6.61 Å². The SMILES string of the molecule is Fc1ccc(N2CCN(C(=S)c3cccc(OCc4ccccc4Cl)c3)CC2)cc1. The molecule has 1 heterocycles. The second-order valence-electron chi connectivity index (χ2n) is 7.16. The van der Waals surface area contributed by atoms with Gasteiger partial charge in [0.1, 0.15) is 23.2 Å². The van der Waals surface area contributed by atoms with E-state index in [9.17, 15) is 4.39 Å². The molecule has 0 aliphatic carbocycles. The Balaban J connectivity index is 1.36. The summed E-state index contributed by atoms with van der Waals surface area (Å²) in [5, 5.41) is 0.697. The van der Waals surface area contributed by atoms with Crippen LogP contribution in [0.4, 0.5) is 10.1 Å². The van der Waals surface area contributed by atoms with Crippen LogP contribution in [-0.4, -0.2) is 36.1 Å². The van der Waals surface area contributed by atoms with Crippen LogP contribution in [0, 0.1) is 5.82 Å². The summed E-state index contributed by atoms with van der Waals surface area (Å²) in [6.45, 7) is 3.73. The van der Waals surface area contributed by atoms with Gasteiger partial charge in [0, 0.05) is 48.0 Å². The van der Waals surface area contributed by atoms with Gasteiger partial charge < -0.3 is 14.5 Å². The van der Waals surface area contributed by atoms with Crippen molar-refractivity contribution in [2.24, 2.45) is 0 Å². The first kappa shape index (κ1) is 20.6. The lowest BCUT2D eigenvalue weighted by atomic mass is 10.1. The van der Waals surface area contributed by atoms with Gasteiger partial charge in [-0.15, -0.1) is 0 Å². The van der Waals surface area contributed by atoms with Crippen molar-refractivity contribution in [2.45, 2.75) is 6.61 Å². The van der Waals surface area contributed by atoms with Gasteiger partial charge in [-0.1, -0.05) is 54.2 Å². The quantitative estimate of drug-likeness (QED) is 0.483. The maximum absolute atomic E-state index is 13.2. The molecular weight excluding hydrogens is 419 g/mol. The molecule has 154 valence electrons. The minimum absolute atomic E-state index is 0.213. The summed E-state index contributed by atoms with van der Waals surface area (Å²) < 4.78 is 19.1. The van der Waals surface area contributed by atoms with Crippen LogP contribution in [0.2, 0.25) is 5.02 Å². The van der Waals surface area contributed by atoms with E-state index in [0.717, 1.165) is 53.7 Å². The van der Waals surface area contributed by atoms with Gasteiger partial charge in [-0.25, -0.2) is 4.39 Å². The van der Waals surface area contributed by atoms with Crippen molar-refractivity contribution < 1.29 is 9.13 Å². The number of nitrogens with zero attached hydrogens (tertiary/aromatic N) is 2. The van der Waals surface area contributed by atoms with Crippen molar-refractivity contribution in [3.63, 3.8) is 0 Å². The molecule has 1 aliphatic rings. The normalized spacial score (nSPS) is 13.9. The van der Waals surface area contributed by atoms with Crippen molar-refractivity contribution in [2.75, 3.05) is 31.1 Å². The molecule has 0 radical (unpaired) electrons. The Bertz CT molecular complexity index is 1020. The molecule has 0 amide bonds. The summed E-state index contributed by atoms with van der Waals surface area (Å²) in [6, 6.07) is 22.2. The predicted molar refractivity (Wildman–Crippen MR) is 124 cm³/mol. The van der Waals surface area contributed by atoms with Gasteiger partial charge in [-0.05, 0) is 42.5 Å². The first-order valence-corrected chi connectivity index (χ1v) is 10.6. The third kappa shape index (κ3) is 4.91. The molecule has 0 N–H and O–H groups in total. The molecule has 30 heavy (non-hydrogen) atoms. The Morgan fingerprint density at radius 2 is 1.67 bits per heavy atom. The Morgan fingerprint density at radius 1 is 0.933 bits per heavy atom. The van der Waals surface area contributed by atoms with Crippen LogP contribution in [0.5, 0.6) is 5.75 Å². The van der Waals surface area contributed by atoms with Gasteiger partial charge in [-0.2, -0.15) is 0 Å². The van der Waals surface area contributed by atoms with Crippen molar-refractivity contribution in [3.05, 3.63) is 94.8 Å². The zero-order valence-corrected chi connectivity index (χ0v) is 18.0. The van der Waals surface area contributed by atoms with Crippen molar-refractivity contribution in [3.8, 4) is 5.75 Å². The number of piperazine rings is 1. The van der Waals surface area contributed by atoms with E-state index in [1.165, 1.54) is 12.1 Å². The van der Waals surface area contributed by atoms with E-state index in [4.69, 9.17) is 28.6 Å². The lowest BCUT2D eigenvalue weighted by molar-refractivity contribution is 0.306. The maximum Gasteiger partial charge on any atom is 0.123 e. The van der Waals surface area contributed by atoms with E-state index >= 15 is 0 Å². The first-order chi connectivity index (χ1) is 14.6. The fraction of sp³-hybridized carbons (Fsp3) is 0.208. The lowest BCUT2D eigenvalue weighted by Crippen LogP contribution is -2.48. The van der Waals surface area contributed by atoms with Gasteiger partial charge in [0.05, 0.1) is 0 Å². The molecule has 3 aromatic carbocycles. The number of thiocarbonyl (C=S) groups is 1. The topological polar surface area (TPSA) is 15.7 Å². The average Bonchev–Trinajstić information content (AvgIpc) is 2.79. The number of anilines is 1. The lowest BCUT2D eigenvalue weighted by Gasteiger charge is -2.37. The summed E-state index contributed by atoms with van der Waals surface area (Å²) in [4.78, 5) is 5.28. The zero-order chi connectivity index (χ0) is 20.9. The standard InChI is InChI=1S/C24H22ClFN2OS/c25-23-7-2-1-4-19(23)17-29-22-6-3-5-18(16-22)24(30)28-14-12-27(13-15-28)21-10-8-20(26)9-11-21/h1-11,16H,12-15,17H2. The largest absolute Gasteiger partial charge is 0.489 e. The highest BCUT2D eigenvalue weighted by molar-refractivity contribution is 7.80. The summed E-state index contributed by atoms with van der Waals surface area (Å²) in [5.41, 5.74) is 2.96. The fourth-order valence-corrected chi connectivity index (χ4v) is 4.00. The molecule has 1 fully saturated rings. The van der Waals surface area contributed by atoms with Gasteiger partial charge in [-0.3, -0.25) is 0 Å². The molecule has 0 saturated carbocycles. The summed E-state index contributed by atoms with van der Waals surface area (Å²) in [7, 11) is 0. The van der Waals surface area contributed by atoms with Crippen LogP contribution in [0.15, 0.2) is 72.8 Å². The van der Waals surface area contributed by atoms with Gasteiger partial charge >= 0.3 is 0 Å². The highest BCUT2D eigenvalue weighted by atomic mass is 35.5. The number of benzene rings is 3. The Morgan fingerprint density at radius 3 is 2.40 bits per heavy atom. The smallest absolute Gasteiger partial charge is 0.123 e. The van der Waals surface area contributed by atoms with Crippen molar-refractivity contribution >= 4 is 34.5 Å². The van der Waals surface area contributed by atoms with E-state index in [1.807, 2.05) is 60.7 Å². The molecule has 1 aliphatic heterocycles. The van der Waals surface area contributed by atoms with Crippen LogP contribution in [0.25, 0.3) is 0 Å². The fourth-order valence-electron chi connectivity index (χ4n) is 3.50. The highest BCUT2D eigenvalue weighted by Gasteiger charge is 2.20. The number of rotatable bonds is 5. The van der Waals surface area contributed by atoms with Crippen molar-refractivity contribution in [1.82, 2.24) is 4.90 Å². The maximum atomic E-state index is 13.2. The van der Waals surface area contributed by atoms with Crippen LogP contribution in [0.1, 0.15) is 11.1 Å². The zero-order valence-electron chi connectivity index (χ0n) is 16.4. The molecule has 1 saturated heterocycles. The van der Waals surface area contributed by atoms with Crippen LogP contribution < -0.4 is 9.64 Å². The van der Waals surface area contributed by atoms with E-state index in [-0.39, 0.29) is 5.82 Å². The first-order valence-electron chi connectivity index (χ1n) is 9.86. The van der Waals surface area contributed by atoms with Gasteiger partial charge in [0.25, 0.3) is 0 Å². The minimum Gasteiger partial charge on any atom is -0.489 e. The number of hydrogen-bond acceptors (Lipinski definition) is 3. The summed E-state index contributed by atoms with van der Waals surface area (Å²) in [6.07, 6.45) is 0. The molecule has 0 atom stereocenters. The predicted octanol–water partition coefficient (Wildman–Crippen LogP) is 5.56. The second kappa shape index (κ2) is 9.45. The Hall–Kier alpha value is -2.63. The number of halogens is 2. The molecule has 4 rings (SSSR count). The number of hydrogen-bond donors (Lipinski definition) is 0. The van der Waals surface area contributed by atoms with E-state index in [2.05, 4.69) is 9.80 Å². The number of ether oxygens (including phenoxy) is 1. The molecular formula is C24H22ClFN2OS. The average molecular weight is 441 g/mol. The molecule has 0 spiro atoms. The van der Waals surface area contributed by atoms with Crippen LogP contribution >= 0.6 is 23.8 Å². The highest BCUT2D eigenvalue weighted by Crippen LogP contribution is 2.22. The van der Waals surface area contributed by atoms with Crippen molar-refractivity contribution in [1.29, 1.82) is 0 Å². The summed E-state index contributed by atoms with van der Waals surface area (Å²) >= 11 is 12.0. The Labute approximate surface area is 186 Å². The third-order valence-corrected chi connectivity index (χ3v) is 6.05. The van der Waals surface area contributed by atoms with E-state index in [1.54, 1.807) is 0 Å². The van der Waals surface area contributed by atoms with Crippen LogP contribution in [0.3, 0.4) is 0 Å². The third-order valence-electron chi connectivity index (χ3n) is 5.19. The monoisotopic (exact) mass is 440 g/mol.